The third-order valence-corrected chi connectivity index (χ3v) is 4.75. The van der Waals surface area contributed by atoms with Gasteiger partial charge < -0.3 is 10.2 Å². The molecule has 2 amide bonds. The number of anilines is 1. The van der Waals surface area contributed by atoms with Crippen LogP contribution in [0.15, 0.2) is 53.4 Å². The zero-order valence-electron chi connectivity index (χ0n) is 14.2. The zero-order chi connectivity index (χ0) is 17.5. The van der Waals surface area contributed by atoms with Crippen LogP contribution in [0.3, 0.4) is 0 Å². The predicted octanol–water partition coefficient (Wildman–Crippen LogP) is 3.49. The van der Waals surface area contributed by atoms with Gasteiger partial charge in [-0.1, -0.05) is 35.9 Å². The SMILES string of the molecule is Cc1ccc(NC(=O)CN(C)C(=O)CSc2ccccc2C)cc1. The summed E-state index contributed by atoms with van der Waals surface area (Å²) in [4.78, 5) is 26.8. The van der Waals surface area contributed by atoms with E-state index < -0.39 is 0 Å². The van der Waals surface area contributed by atoms with Crippen molar-refractivity contribution in [3.05, 3.63) is 59.7 Å². The second-order valence-electron chi connectivity index (χ2n) is 5.72. The molecule has 0 atom stereocenters. The third kappa shape index (κ3) is 5.42. The van der Waals surface area contributed by atoms with Crippen LogP contribution in [-0.2, 0) is 9.59 Å². The summed E-state index contributed by atoms with van der Waals surface area (Å²) in [6, 6.07) is 15.5. The maximum atomic E-state index is 12.2. The van der Waals surface area contributed by atoms with E-state index in [0.717, 1.165) is 21.7 Å². The van der Waals surface area contributed by atoms with Crippen molar-refractivity contribution in [2.24, 2.45) is 0 Å². The number of amides is 2. The van der Waals surface area contributed by atoms with Gasteiger partial charge in [0.25, 0.3) is 0 Å². The second-order valence-corrected chi connectivity index (χ2v) is 6.74. The molecule has 126 valence electrons. The average Bonchev–Trinajstić information content (AvgIpc) is 2.56. The quantitative estimate of drug-likeness (QED) is 0.818. The maximum absolute atomic E-state index is 12.2. The van der Waals surface area contributed by atoms with E-state index in [1.807, 2.05) is 62.4 Å². The number of carbonyl (C=O) groups excluding carboxylic acids is 2. The zero-order valence-corrected chi connectivity index (χ0v) is 15.0. The smallest absolute Gasteiger partial charge is 0.243 e. The first-order valence-electron chi connectivity index (χ1n) is 7.74. The van der Waals surface area contributed by atoms with Crippen molar-refractivity contribution in [3.8, 4) is 0 Å². The highest BCUT2D eigenvalue weighted by atomic mass is 32.2. The molecule has 0 aromatic heterocycles. The van der Waals surface area contributed by atoms with E-state index in [1.165, 1.54) is 16.7 Å². The standard InChI is InChI=1S/C19H22N2O2S/c1-14-8-10-16(11-9-14)20-18(22)12-21(3)19(23)13-24-17-7-5-4-6-15(17)2/h4-11H,12-13H2,1-3H3,(H,20,22). The highest BCUT2D eigenvalue weighted by Crippen LogP contribution is 2.21. The first-order chi connectivity index (χ1) is 11.5. The van der Waals surface area contributed by atoms with Crippen LogP contribution in [0.5, 0.6) is 0 Å². The fourth-order valence-electron chi connectivity index (χ4n) is 2.11. The van der Waals surface area contributed by atoms with Crippen LogP contribution in [-0.4, -0.2) is 36.1 Å². The van der Waals surface area contributed by atoms with Gasteiger partial charge in [0.15, 0.2) is 0 Å². The molecule has 2 aromatic rings. The average molecular weight is 342 g/mol. The van der Waals surface area contributed by atoms with Crippen LogP contribution >= 0.6 is 11.8 Å². The van der Waals surface area contributed by atoms with Crippen LogP contribution in [0.1, 0.15) is 11.1 Å². The topological polar surface area (TPSA) is 49.4 Å². The summed E-state index contributed by atoms with van der Waals surface area (Å²) in [6.45, 7) is 4.05. The van der Waals surface area contributed by atoms with Gasteiger partial charge in [-0.3, -0.25) is 9.59 Å². The van der Waals surface area contributed by atoms with Gasteiger partial charge in [0.2, 0.25) is 11.8 Å². The summed E-state index contributed by atoms with van der Waals surface area (Å²) < 4.78 is 0. The lowest BCUT2D eigenvalue weighted by Gasteiger charge is -2.17. The molecule has 0 aliphatic heterocycles. The molecule has 0 aliphatic rings. The number of hydrogen-bond donors (Lipinski definition) is 1. The summed E-state index contributed by atoms with van der Waals surface area (Å²) in [5.74, 6) is 0.0528. The number of rotatable bonds is 6. The minimum absolute atomic E-state index is 0.0427. The Morgan fingerprint density at radius 2 is 1.71 bits per heavy atom. The first kappa shape index (κ1) is 18.1. The van der Waals surface area contributed by atoms with Gasteiger partial charge in [-0.2, -0.15) is 0 Å². The molecule has 24 heavy (non-hydrogen) atoms. The van der Waals surface area contributed by atoms with E-state index in [0.29, 0.717) is 5.75 Å². The normalized spacial score (nSPS) is 10.3. The molecule has 2 aromatic carbocycles. The summed E-state index contributed by atoms with van der Waals surface area (Å²) in [5, 5.41) is 2.80. The molecule has 0 saturated carbocycles. The molecular weight excluding hydrogens is 320 g/mol. The number of aryl methyl sites for hydroxylation is 2. The molecule has 5 heteroatoms. The molecule has 0 bridgehead atoms. The Kier molecular flexibility index (Phi) is 6.44. The van der Waals surface area contributed by atoms with E-state index in [1.54, 1.807) is 7.05 Å². The summed E-state index contributed by atoms with van der Waals surface area (Å²) in [7, 11) is 1.65. The molecule has 0 aliphatic carbocycles. The van der Waals surface area contributed by atoms with E-state index in [4.69, 9.17) is 0 Å². The van der Waals surface area contributed by atoms with Gasteiger partial charge in [-0.25, -0.2) is 0 Å². The monoisotopic (exact) mass is 342 g/mol. The molecule has 2 rings (SSSR count). The molecular formula is C19H22N2O2S. The van der Waals surface area contributed by atoms with Gasteiger partial charge in [0, 0.05) is 17.6 Å². The van der Waals surface area contributed by atoms with E-state index >= 15 is 0 Å². The van der Waals surface area contributed by atoms with Gasteiger partial charge >= 0.3 is 0 Å². The molecule has 0 unspecified atom stereocenters. The van der Waals surface area contributed by atoms with Gasteiger partial charge in [-0.15, -0.1) is 11.8 Å². The van der Waals surface area contributed by atoms with Crippen molar-refractivity contribution < 1.29 is 9.59 Å². The third-order valence-electron chi connectivity index (χ3n) is 3.59. The number of nitrogens with zero attached hydrogens (tertiary/aromatic N) is 1. The predicted molar refractivity (Wildman–Crippen MR) is 99.3 cm³/mol. The Morgan fingerprint density at radius 3 is 2.38 bits per heavy atom. The Labute approximate surface area is 147 Å². The molecule has 4 nitrogen and oxygen atoms in total. The van der Waals surface area contributed by atoms with Crippen molar-refractivity contribution in [1.29, 1.82) is 0 Å². The molecule has 0 radical (unpaired) electrons. The van der Waals surface area contributed by atoms with Crippen LogP contribution in [0, 0.1) is 13.8 Å². The maximum Gasteiger partial charge on any atom is 0.243 e. The number of carbonyl (C=O) groups is 2. The lowest BCUT2D eigenvalue weighted by atomic mass is 10.2. The van der Waals surface area contributed by atoms with Crippen molar-refractivity contribution >= 4 is 29.3 Å². The Bertz CT molecular complexity index is 714. The van der Waals surface area contributed by atoms with E-state index in [9.17, 15) is 9.59 Å². The van der Waals surface area contributed by atoms with Crippen molar-refractivity contribution in [3.63, 3.8) is 0 Å². The molecule has 1 N–H and O–H groups in total. The highest BCUT2D eigenvalue weighted by Gasteiger charge is 2.14. The Hall–Kier alpha value is -2.27. The van der Waals surface area contributed by atoms with Crippen molar-refractivity contribution in [1.82, 2.24) is 4.90 Å². The minimum Gasteiger partial charge on any atom is -0.336 e. The fourth-order valence-corrected chi connectivity index (χ4v) is 3.08. The highest BCUT2D eigenvalue weighted by molar-refractivity contribution is 8.00. The van der Waals surface area contributed by atoms with Crippen LogP contribution in [0.4, 0.5) is 5.69 Å². The van der Waals surface area contributed by atoms with Gasteiger partial charge in [0.05, 0.1) is 12.3 Å². The van der Waals surface area contributed by atoms with Crippen LogP contribution < -0.4 is 5.32 Å². The summed E-state index contributed by atoms with van der Waals surface area (Å²) in [6.07, 6.45) is 0. The van der Waals surface area contributed by atoms with Gasteiger partial charge in [-0.05, 0) is 37.6 Å². The lowest BCUT2D eigenvalue weighted by molar-refractivity contribution is -0.131. The largest absolute Gasteiger partial charge is 0.336 e. The number of thioether (sulfide) groups is 1. The molecule has 0 spiro atoms. The van der Waals surface area contributed by atoms with Crippen molar-refractivity contribution in [2.45, 2.75) is 18.7 Å². The Morgan fingerprint density at radius 1 is 1.04 bits per heavy atom. The molecule has 0 saturated heterocycles. The number of benzene rings is 2. The minimum atomic E-state index is -0.199. The van der Waals surface area contributed by atoms with Crippen molar-refractivity contribution in [2.75, 3.05) is 24.7 Å². The summed E-state index contributed by atoms with van der Waals surface area (Å²) in [5.41, 5.74) is 3.02. The van der Waals surface area contributed by atoms with Crippen LogP contribution in [0.25, 0.3) is 0 Å². The fraction of sp³-hybridized carbons (Fsp3) is 0.263. The first-order valence-corrected chi connectivity index (χ1v) is 8.73. The second kappa shape index (κ2) is 8.55. The van der Waals surface area contributed by atoms with E-state index in [-0.39, 0.29) is 18.4 Å². The van der Waals surface area contributed by atoms with Gasteiger partial charge in [0.1, 0.15) is 0 Å². The lowest BCUT2D eigenvalue weighted by Crippen LogP contribution is -2.35. The number of nitrogens with one attached hydrogen (secondary N) is 1. The Balaban J connectivity index is 1.81. The molecule has 0 fully saturated rings. The van der Waals surface area contributed by atoms with Crippen LogP contribution in [0.2, 0.25) is 0 Å². The van der Waals surface area contributed by atoms with E-state index in [2.05, 4.69) is 5.32 Å². The molecule has 0 heterocycles. The number of hydrogen-bond acceptors (Lipinski definition) is 3. The summed E-state index contributed by atoms with van der Waals surface area (Å²) >= 11 is 1.49. The number of likely N-dealkylation sites (N-methyl/N-ethyl adjacent to an activating group) is 1.